The molecule has 0 aliphatic rings. The lowest BCUT2D eigenvalue weighted by molar-refractivity contribution is 0.249. The van der Waals surface area contributed by atoms with Crippen molar-refractivity contribution in [1.82, 2.24) is 24.6 Å². The van der Waals surface area contributed by atoms with Gasteiger partial charge in [0.25, 0.3) is 0 Å². The minimum atomic E-state index is -0.274. The molecule has 4 aromatic rings. The average molecular weight is 424 g/mol. The molecule has 2 aromatic heterocycles. The van der Waals surface area contributed by atoms with Crippen LogP contribution in [0.1, 0.15) is 29.2 Å². The van der Waals surface area contributed by atoms with E-state index >= 15 is 0 Å². The molecule has 8 heteroatoms. The molecular weight excluding hydrogens is 401 g/mol. The van der Waals surface area contributed by atoms with Gasteiger partial charge in [-0.05, 0) is 55.9 Å². The summed E-state index contributed by atoms with van der Waals surface area (Å²) in [5, 5.41) is 7.11. The molecule has 0 aliphatic heterocycles. The van der Waals surface area contributed by atoms with Crippen molar-refractivity contribution < 1.29 is 9.13 Å². The highest BCUT2D eigenvalue weighted by molar-refractivity contribution is 7.09. The number of aromatic nitrogens is 4. The zero-order valence-corrected chi connectivity index (χ0v) is 17.6. The van der Waals surface area contributed by atoms with E-state index in [1.807, 2.05) is 12.1 Å². The highest BCUT2D eigenvalue weighted by Gasteiger charge is 2.14. The van der Waals surface area contributed by atoms with Gasteiger partial charge in [0.15, 0.2) is 0 Å². The Morgan fingerprint density at radius 3 is 2.60 bits per heavy atom. The van der Waals surface area contributed by atoms with Gasteiger partial charge in [-0.15, -0.1) is 11.3 Å². The summed E-state index contributed by atoms with van der Waals surface area (Å²) in [7, 11) is 2.09. The first-order chi connectivity index (χ1) is 14.6. The van der Waals surface area contributed by atoms with Gasteiger partial charge in [-0.2, -0.15) is 5.10 Å². The van der Waals surface area contributed by atoms with Gasteiger partial charge in [0.05, 0.1) is 11.4 Å². The van der Waals surface area contributed by atoms with Crippen molar-refractivity contribution >= 4 is 11.3 Å². The maximum atomic E-state index is 13.0. The molecule has 154 valence electrons. The summed E-state index contributed by atoms with van der Waals surface area (Å²) >= 11 is 1.57. The number of halogens is 1. The molecule has 0 radical (unpaired) electrons. The summed E-state index contributed by atoms with van der Waals surface area (Å²) in [6.45, 7) is 3.29. The zero-order chi connectivity index (χ0) is 20.9. The van der Waals surface area contributed by atoms with Crippen molar-refractivity contribution in [2.75, 3.05) is 7.05 Å². The summed E-state index contributed by atoms with van der Waals surface area (Å²) in [5.41, 5.74) is 3.21. The Labute approximate surface area is 178 Å². The van der Waals surface area contributed by atoms with Crippen molar-refractivity contribution in [1.29, 1.82) is 0 Å². The Kier molecular flexibility index (Phi) is 6.15. The molecule has 0 saturated heterocycles. The largest absolute Gasteiger partial charge is 0.486 e. The van der Waals surface area contributed by atoms with Crippen molar-refractivity contribution in [3.05, 3.63) is 88.6 Å². The van der Waals surface area contributed by atoms with Crippen LogP contribution in [0, 0.1) is 5.82 Å². The zero-order valence-electron chi connectivity index (χ0n) is 16.8. The molecule has 0 saturated carbocycles. The van der Waals surface area contributed by atoms with Gasteiger partial charge >= 0.3 is 0 Å². The number of hydrogen-bond acceptors (Lipinski definition) is 6. The lowest BCUT2D eigenvalue weighted by Gasteiger charge is -2.24. The Balaban J connectivity index is 1.33. The molecule has 0 fully saturated rings. The van der Waals surface area contributed by atoms with Gasteiger partial charge in [0, 0.05) is 18.0 Å². The smallest absolute Gasteiger partial charge is 0.140 e. The van der Waals surface area contributed by atoms with Crippen molar-refractivity contribution in [2.45, 2.75) is 26.1 Å². The van der Waals surface area contributed by atoms with Crippen LogP contribution in [-0.4, -0.2) is 31.7 Å². The Morgan fingerprint density at radius 1 is 1.13 bits per heavy atom. The number of rotatable bonds is 8. The number of hydrogen-bond donors (Lipinski definition) is 0. The highest BCUT2D eigenvalue weighted by atomic mass is 32.1. The number of ether oxygens (including phenoxy) is 1. The standard InChI is InChI=1S/C22H22FN5OS/c1-16(17-3-7-20(8-4-17)28-15-24-14-25-28)27(2)11-19-13-30-22(26-19)12-29-21-9-5-18(23)6-10-21/h3-10,13-16H,11-12H2,1-2H3/t16-/m0/s1. The second kappa shape index (κ2) is 9.15. The SMILES string of the molecule is C[C@@H](c1ccc(-n2cncn2)cc1)N(C)Cc1csc(COc2ccc(F)cc2)n1. The normalized spacial score (nSPS) is 12.3. The maximum absolute atomic E-state index is 13.0. The monoisotopic (exact) mass is 423 g/mol. The molecule has 4 rings (SSSR count). The lowest BCUT2D eigenvalue weighted by Crippen LogP contribution is -2.22. The van der Waals surface area contributed by atoms with E-state index in [9.17, 15) is 4.39 Å². The summed E-state index contributed by atoms with van der Waals surface area (Å²) in [4.78, 5) is 10.9. The predicted molar refractivity (Wildman–Crippen MR) is 114 cm³/mol. The van der Waals surface area contributed by atoms with Gasteiger partial charge in [-0.3, -0.25) is 4.90 Å². The van der Waals surface area contributed by atoms with Crippen LogP contribution in [0.3, 0.4) is 0 Å². The van der Waals surface area contributed by atoms with E-state index in [1.165, 1.54) is 24.0 Å². The first-order valence-corrected chi connectivity index (χ1v) is 10.4. The molecular formula is C22H22FN5OS. The fourth-order valence-electron chi connectivity index (χ4n) is 3.06. The van der Waals surface area contributed by atoms with Crippen LogP contribution >= 0.6 is 11.3 Å². The quantitative estimate of drug-likeness (QED) is 0.413. The van der Waals surface area contributed by atoms with E-state index in [-0.39, 0.29) is 11.9 Å². The summed E-state index contributed by atoms with van der Waals surface area (Å²) in [6.07, 6.45) is 3.21. The minimum Gasteiger partial charge on any atom is -0.486 e. The summed E-state index contributed by atoms with van der Waals surface area (Å²) in [5.74, 6) is 0.359. The van der Waals surface area contributed by atoms with E-state index in [2.05, 4.69) is 51.5 Å². The molecule has 2 heterocycles. The van der Waals surface area contributed by atoms with Gasteiger partial charge in [0.1, 0.15) is 35.8 Å². The average Bonchev–Trinajstić information content (AvgIpc) is 3.45. The van der Waals surface area contributed by atoms with E-state index in [4.69, 9.17) is 4.74 Å². The van der Waals surface area contributed by atoms with Crippen molar-refractivity contribution in [3.8, 4) is 11.4 Å². The van der Waals surface area contributed by atoms with Crippen LogP contribution in [-0.2, 0) is 13.2 Å². The molecule has 0 bridgehead atoms. The maximum Gasteiger partial charge on any atom is 0.140 e. The molecule has 1 atom stereocenters. The second-order valence-corrected chi connectivity index (χ2v) is 7.94. The van der Waals surface area contributed by atoms with Crippen LogP contribution < -0.4 is 4.74 Å². The predicted octanol–water partition coefficient (Wildman–Crippen LogP) is 4.63. The summed E-state index contributed by atoms with van der Waals surface area (Å²) in [6, 6.07) is 14.6. The number of nitrogens with zero attached hydrogens (tertiary/aromatic N) is 5. The fraction of sp³-hybridized carbons (Fsp3) is 0.227. The minimum absolute atomic E-state index is 0.232. The van der Waals surface area contributed by atoms with Gasteiger partial charge in [0.2, 0.25) is 0 Å². The first-order valence-electron chi connectivity index (χ1n) is 9.55. The fourth-order valence-corrected chi connectivity index (χ4v) is 3.75. The topological polar surface area (TPSA) is 56.1 Å². The van der Waals surface area contributed by atoms with Crippen LogP contribution in [0.25, 0.3) is 5.69 Å². The van der Waals surface area contributed by atoms with E-state index in [1.54, 1.807) is 34.5 Å². The number of thiazole rings is 1. The van der Waals surface area contributed by atoms with Crippen LogP contribution in [0.15, 0.2) is 66.6 Å². The number of benzene rings is 2. The van der Waals surface area contributed by atoms with Crippen molar-refractivity contribution in [3.63, 3.8) is 0 Å². The van der Waals surface area contributed by atoms with E-state index < -0.39 is 0 Å². The van der Waals surface area contributed by atoms with Gasteiger partial charge in [-0.1, -0.05) is 12.1 Å². The van der Waals surface area contributed by atoms with Gasteiger partial charge < -0.3 is 4.74 Å². The third-order valence-electron chi connectivity index (χ3n) is 4.91. The van der Waals surface area contributed by atoms with E-state index in [0.717, 1.165) is 22.9 Å². The molecule has 0 unspecified atom stereocenters. The molecule has 0 N–H and O–H groups in total. The third kappa shape index (κ3) is 4.90. The Morgan fingerprint density at radius 2 is 1.90 bits per heavy atom. The first kappa shape index (κ1) is 20.2. The van der Waals surface area contributed by atoms with Crippen LogP contribution in [0.5, 0.6) is 5.75 Å². The molecule has 2 aromatic carbocycles. The second-order valence-electron chi connectivity index (χ2n) is 7.00. The summed E-state index contributed by atoms with van der Waals surface area (Å²) < 4.78 is 20.4. The molecule has 0 amide bonds. The molecule has 0 aliphatic carbocycles. The van der Waals surface area contributed by atoms with Gasteiger partial charge in [-0.25, -0.2) is 19.0 Å². The molecule has 0 spiro atoms. The van der Waals surface area contributed by atoms with Crippen LogP contribution in [0.2, 0.25) is 0 Å². The van der Waals surface area contributed by atoms with E-state index in [0.29, 0.717) is 12.4 Å². The molecule has 30 heavy (non-hydrogen) atoms. The highest BCUT2D eigenvalue weighted by Crippen LogP contribution is 2.23. The molecule has 6 nitrogen and oxygen atoms in total. The Bertz CT molecular complexity index is 1060. The third-order valence-corrected chi connectivity index (χ3v) is 5.78. The van der Waals surface area contributed by atoms with Crippen LogP contribution in [0.4, 0.5) is 4.39 Å². The lowest BCUT2D eigenvalue weighted by atomic mass is 10.1. The Hall–Kier alpha value is -3.10. The van der Waals surface area contributed by atoms with Crippen molar-refractivity contribution in [2.24, 2.45) is 0 Å².